The molecule has 5 nitrogen and oxygen atoms in total. The van der Waals surface area contributed by atoms with Gasteiger partial charge in [0.25, 0.3) is 0 Å². The van der Waals surface area contributed by atoms with Gasteiger partial charge in [0.15, 0.2) is 11.6 Å². The minimum Gasteiger partial charge on any atom is -0.485 e. The molecule has 0 radical (unpaired) electrons. The molecule has 0 bridgehead atoms. The number of aromatic nitrogens is 3. The van der Waals surface area contributed by atoms with E-state index >= 15 is 0 Å². The van der Waals surface area contributed by atoms with E-state index < -0.39 is 0 Å². The van der Waals surface area contributed by atoms with Crippen LogP contribution >= 0.6 is 0 Å². The molecule has 0 spiro atoms. The molecule has 0 unspecified atom stereocenters. The number of hydrogen-bond acceptors (Lipinski definition) is 4. The second kappa shape index (κ2) is 5.22. The van der Waals surface area contributed by atoms with Crippen LogP contribution in [0, 0.1) is 13.8 Å². The third-order valence-electron chi connectivity index (χ3n) is 3.05. The van der Waals surface area contributed by atoms with Crippen LogP contribution < -0.4 is 4.74 Å². The number of Topliss-reactive ketones (excluding diaryl/α,β-unsaturated/α-hetero) is 1. The molecule has 0 aliphatic carbocycles. The van der Waals surface area contributed by atoms with Crippen molar-refractivity contribution in [3.63, 3.8) is 0 Å². The van der Waals surface area contributed by atoms with Gasteiger partial charge in [0.1, 0.15) is 18.2 Å². The van der Waals surface area contributed by atoms with E-state index in [2.05, 4.69) is 10.2 Å². The summed E-state index contributed by atoms with van der Waals surface area (Å²) < 4.78 is 7.55. The van der Waals surface area contributed by atoms with Gasteiger partial charge in [-0.25, -0.2) is 0 Å². The maximum absolute atomic E-state index is 11.6. The molecule has 0 aliphatic heterocycles. The van der Waals surface area contributed by atoms with Gasteiger partial charge in [-0.2, -0.15) is 0 Å². The monoisotopic (exact) mass is 259 g/mol. The van der Waals surface area contributed by atoms with E-state index in [0.29, 0.717) is 17.9 Å². The quantitative estimate of drug-likeness (QED) is 0.790. The molecule has 1 aromatic heterocycles. The zero-order valence-corrected chi connectivity index (χ0v) is 11.6. The highest BCUT2D eigenvalue weighted by Crippen LogP contribution is 2.21. The van der Waals surface area contributed by atoms with Crippen molar-refractivity contribution in [1.29, 1.82) is 0 Å². The van der Waals surface area contributed by atoms with Gasteiger partial charge in [-0.3, -0.25) is 4.79 Å². The van der Waals surface area contributed by atoms with Crippen molar-refractivity contribution in [1.82, 2.24) is 14.8 Å². The summed E-state index contributed by atoms with van der Waals surface area (Å²) in [6, 6.07) is 5.57. The Morgan fingerprint density at radius 3 is 2.63 bits per heavy atom. The molecule has 0 saturated heterocycles. The van der Waals surface area contributed by atoms with E-state index in [1.165, 1.54) is 6.92 Å². The lowest BCUT2D eigenvalue weighted by molar-refractivity contribution is 0.101. The summed E-state index contributed by atoms with van der Waals surface area (Å²) in [7, 11) is 1.88. The highest BCUT2D eigenvalue weighted by atomic mass is 16.5. The van der Waals surface area contributed by atoms with Crippen LogP contribution in [0.5, 0.6) is 5.75 Å². The number of ether oxygens (including phenoxy) is 1. The first-order valence-corrected chi connectivity index (χ1v) is 6.08. The fourth-order valence-corrected chi connectivity index (χ4v) is 1.76. The van der Waals surface area contributed by atoms with Gasteiger partial charge in [-0.15, -0.1) is 10.2 Å². The Hall–Kier alpha value is -2.17. The van der Waals surface area contributed by atoms with E-state index in [-0.39, 0.29) is 5.78 Å². The molecule has 0 aliphatic rings. The first-order valence-electron chi connectivity index (χ1n) is 6.08. The number of aryl methyl sites for hydroxylation is 2. The third-order valence-corrected chi connectivity index (χ3v) is 3.05. The summed E-state index contributed by atoms with van der Waals surface area (Å²) in [6.07, 6.45) is 0. The smallest absolute Gasteiger partial charge is 0.170 e. The Kier molecular flexibility index (Phi) is 3.64. The fourth-order valence-electron chi connectivity index (χ4n) is 1.76. The highest BCUT2D eigenvalue weighted by molar-refractivity contribution is 5.97. The average molecular weight is 259 g/mol. The summed E-state index contributed by atoms with van der Waals surface area (Å²) in [5, 5.41) is 7.99. The summed E-state index contributed by atoms with van der Waals surface area (Å²) >= 11 is 0. The van der Waals surface area contributed by atoms with Gasteiger partial charge in [0, 0.05) is 7.05 Å². The fraction of sp³-hybridized carbons (Fsp3) is 0.357. The summed E-state index contributed by atoms with van der Waals surface area (Å²) in [5.74, 6) is 2.13. The Balaban J connectivity index is 2.20. The Labute approximate surface area is 112 Å². The van der Waals surface area contributed by atoms with Gasteiger partial charge in [-0.1, -0.05) is 11.6 Å². The predicted molar refractivity (Wildman–Crippen MR) is 71.3 cm³/mol. The number of benzene rings is 1. The van der Waals surface area contributed by atoms with E-state index in [1.54, 1.807) is 0 Å². The molecule has 0 fully saturated rings. The summed E-state index contributed by atoms with van der Waals surface area (Å²) in [5.41, 5.74) is 1.63. The molecule has 2 rings (SSSR count). The van der Waals surface area contributed by atoms with Crippen LogP contribution in [0.15, 0.2) is 18.2 Å². The molecular weight excluding hydrogens is 242 g/mol. The van der Waals surface area contributed by atoms with Crippen molar-refractivity contribution < 1.29 is 9.53 Å². The third kappa shape index (κ3) is 2.81. The molecule has 1 heterocycles. The SMILES string of the molecule is CC(=O)c1cc(C)ccc1OCc1nnc(C)n1C. The van der Waals surface area contributed by atoms with Gasteiger partial charge >= 0.3 is 0 Å². The molecule has 19 heavy (non-hydrogen) atoms. The predicted octanol–water partition coefficient (Wildman–Crippen LogP) is 2.21. The molecule has 0 amide bonds. The van der Waals surface area contributed by atoms with Gasteiger partial charge < -0.3 is 9.30 Å². The topological polar surface area (TPSA) is 57.0 Å². The number of nitrogens with zero attached hydrogens (tertiary/aromatic N) is 3. The first kappa shape index (κ1) is 13.3. The molecule has 2 aromatic rings. The first-order chi connectivity index (χ1) is 8.99. The van der Waals surface area contributed by atoms with Crippen molar-refractivity contribution >= 4 is 5.78 Å². The second-order valence-electron chi connectivity index (χ2n) is 4.57. The highest BCUT2D eigenvalue weighted by Gasteiger charge is 2.11. The van der Waals surface area contributed by atoms with Gasteiger partial charge in [0.2, 0.25) is 0 Å². The molecule has 1 aromatic carbocycles. The van der Waals surface area contributed by atoms with Crippen LogP contribution in [0.1, 0.15) is 34.5 Å². The molecule has 0 N–H and O–H groups in total. The van der Waals surface area contributed by atoms with E-state index in [1.807, 2.05) is 43.7 Å². The van der Waals surface area contributed by atoms with Crippen molar-refractivity contribution in [2.24, 2.45) is 7.05 Å². The van der Waals surface area contributed by atoms with Crippen LogP contribution in [-0.4, -0.2) is 20.5 Å². The van der Waals surface area contributed by atoms with Crippen molar-refractivity contribution in [3.8, 4) is 5.75 Å². The maximum atomic E-state index is 11.6. The van der Waals surface area contributed by atoms with Crippen molar-refractivity contribution in [2.75, 3.05) is 0 Å². The number of hydrogen-bond donors (Lipinski definition) is 0. The van der Waals surface area contributed by atoms with E-state index in [0.717, 1.165) is 17.2 Å². The minimum absolute atomic E-state index is 0.00662. The lowest BCUT2D eigenvalue weighted by Crippen LogP contribution is -2.07. The van der Waals surface area contributed by atoms with Crippen LogP contribution in [0.25, 0.3) is 0 Å². The number of carbonyl (C=O) groups is 1. The lowest BCUT2D eigenvalue weighted by Gasteiger charge is -2.10. The van der Waals surface area contributed by atoms with Crippen LogP contribution in [0.4, 0.5) is 0 Å². The van der Waals surface area contributed by atoms with E-state index in [9.17, 15) is 4.79 Å². The van der Waals surface area contributed by atoms with E-state index in [4.69, 9.17) is 4.74 Å². The minimum atomic E-state index is -0.00662. The Morgan fingerprint density at radius 1 is 1.32 bits per heavy atom. The summed E-state index contributed by atoms with van der Waals surface area (Å²) in [6.45, 7) is 5.65. The Morgan fingerprint density at radius 2 is 2.05 bits per heavy atom. The van der Waals surface area contributed by atoms with Gasteiger partial charge in [-0.05, 0) is 32.9 Å². The lowest BCUT2D eigenvalue weighted by atomic mass is 10.1. The van der Waals surface area contributed by atoms with Crippen molar-refractivity contribution in [3.05, 3.63) is 41.0 Å². The standard InChI is InChI=1S/C14H17N3O2/c1-9-5-6-13(12(7-9)10(2)18)19-8-14-16-15-11(3)17(14)4/h5-7H,8H2,1-4H3. The van der Waals surface area contributed by atoms with Crippen LogP contribution in [-0.2, 0) is 13.7 Å². The zero-order valence-electron chi connectivity index (χ0n) is 11.6. The average Bonchev–Trinajstić information content (AvgIpc) is 2.68. The van der Waals surface area contributed by atoms with Crippen molar-refractivity contribution in [2.45, 2.75) is 27.4 Å². The number of ketones is 1. The van der Waals surface area contributed by atoms with Crippen LogP contribution in [0.2, 0.25) is 0 Å². The molecule has 5 heteroatoms. The summed E-state index contributed by atoms with van der Waals surface area (Å²) in [4.78, 5) is 11.6. The molecule has 100 valence electrons. The molecular formula is C14H17N3O2. The number of rotatable bonds is 4. The van der Waals surface area contributed by atoms with Crippen LogP contribution in [0.3, 0.4) is 0 Å². The largest absolute Gasteiger partial charge is 0.485 e. The normalized spacial score (nSPS) is 10.5. The zero-order chi connectivity index (χ0) is 14.0. The second-order valence-corrected chi connectivity index (χ2v) is 4.57. The Bertz CT molecular complexity index is 617. The van der Waals surface area contributed by atoms with Gasteiger partial charge in [0.05, 0.1) is 5.56 Å². The molecule has 0 saturated carbocycles. The maximum Gasteiger partial charge on any atom is 0.170 e. The molecule has 0 atom stereocenters. The number of carbonyl (C=O) groups excluding carboxylic acids is 1.